The summed E-state index contributed by atoms with van der Waals surface area (Å²) in [6.45, 7) is 1.59. The highest BCUT2D eigenvalue weighted by molar-refractivity contribution is 6.03. The molecule has 2 rings (SSSR count). The van der Waals surface area contributed by atoms with Gasteiger partial charge in [0.1, 0.15) is 23.8 Å². The van der Waals surface area contributed by atoms with Gasteiger partial charge in [0.2, 0.25) is 0 Å². The number of hydrogen-bond donors (Lipinski definition) is 2. The molecule has 2 aromatic heterocycles. The van der Waals surface area contributed by atoms with E-state index in [1.54, 1.807) is 30.5 Å². The molecule has 2 aromatic rings. The molecule has 5 nitrogen and oxygen atoms in total. The van der Waals surface area contributed by atoms with Crippen molar-refractivity contribution in [1.29, 1.82) is 0 Å². The fourth-order valence-corrected chi connectivity index (χ4v) is 1.60. The molecule has 0 atom stereocenters. The van der Waals surface area contributed by atoms with Crippen LogP contribution in [0.3, 0.4) is 0 Å². The first kappa shape index (κ1) is 13.7. The maximum atomic E-state index is 12.1. The smallest absolute Gasteiger partial charge is 0.275 e. The zero-order valence-electron chi connectivity index (χ0n) is 10.9. The second kappa shape index (κ2) is 6.45. The Kier molecular flexibility index (Phi) is 4.43. The standard InChI is InChI=1S/C15H13N3O2/c1-11-5-3-9-16-14(11)15(20)18-13-8-2-6-12(17-13)7-4-10-19/h2-3,5-6,8-9,19H,10H2,1H3,(H,17,18,20). The molecule has 0 aromatic carbocycles. The van der Waals surface area contributed by atoms with Gasteiger partial charge in [-0.25, -0.2) is 4.98 Å². The first-order chi connectivity index (χ1) is 9.70. The van der Waals surface area contributed by atoms with Crippen molar-refractivity contribution in [2.24, 2.45) is 0 Å². The molecule has 100 valence electrons. The van der Waals surface area contributed by atoms with Gasteiger partial charge in [0, 0.05) is 6.20 Å². The van der Waals surface area contributed by atoms with E-state index in [-0.39, 0.29) is 12.5 Å². The van der Waals surface area contributed by atoms with Crippen molar-refractivity contribution in [3.63, 3.8) is 0 Å². The highest BCUT2D eigenvalue weighted by Crippen LogP contribution is 2.08. The number of nitrogens with zero attached hydrogens (tertiary/aromatic N) is 2. The van der Waals surface area contributed by atoms with E-state index in [0.717, 1.165) is 5.56 Å². The fraction of sp³-hybridized carbons (Fsp3) is 0.133. The molecule has 0 bridgehead atoms. The van der Waals surface area contributed by atoms with E-state index in [2.05, 4.69) is 27.1 Å². The van der Waals surface area contributed by atoms with Crippen molar-refractivity contribution < 1.29 is 9.90 Å². The predicted molar refractivity (Wildman–Crippen MR) is 75.1 cm³/mol. The van der Waals surface area contributed by atoms with E-state index in [1.807, 2.05) is 13.0 Å². The molecule has 0 saturated heterocycles. The number of amides is 1. The fourth-order valence-electron chi connectivity index (χ4n) is 1.60. The molecule has 0 aliphatic heterocycles. The van der Waals surface area contributed by atoms with Gasteiger partial charge in [-0.3, -0.25) is 9.78 Å². The Labute approximate surface area is 116 Å². The maximum absolute atomic E-state index is 12.1. The van der Waals surface area contributed by atoms with Crippen molar-refractivity contribution in [1.82, 2.24) is 9.97 Å². The molecular weight excluding hydrogens is 254 g/mol. The second-order valence-electron chi connectivity index (χ2n) is 3.99. The molecule has 2 heterocycles. The molecule has 20 heavy (non-hydrogen) atoms. The zero-order chi connectivity index (χ0) is 14.4. The molecular formula is C15H13N3O2. The molecule has 0 aliphatic rings. The number of hydrogen-bond acceptors (Lipinski definition) is 4. The third-order valence-corrected chi connectivity index (χ3v) is 2.51. The molecule has 0 unspecified atom stereocenters. The summed E-state index contributed by atoms with van der Waals surface area (Å²) in [5.74, 6) is 5.26. The Morgan fingerprint density at radius 2 is 2.20 bits per heavy atom. The Morgan fingerprint density at radius 3 is 2.95 bits per heavy atom. The van der Waals surface area contributed by atoms with Crippen LogP contribution < -0.4 is 5.32 Å². The lowest BCUT2D eigenvalue weighted by Gasteiger charge is -2.06. The number of aryl methyl sites for hydroxylation is 1. The van der Waals surface area contributed by atoms with E-state index >= 15 is 0 Å². The minimum Gasteiger partial charge on any atom is -0.384 e. The Balaban J connectivity index is 2.18. The van der Waals surface area contributed by atoms with Crippen LogP contribution in [0.15, 0.2) is 36.5 Å². The summed E-state index contributed by atoms with van der Waals surface area (Å²) in [6, 6.07) is 8.69. The number of aromatic nitrogens is 2. The number of carbonyl (C=O) groups excluding carboxylic acids is 1. The molecule has 0 aliphatic carbocycles. The number of aliphatic hydroxyl groups excluding tert-OH is 1. The minimum atomic E-state index is -0.317. The summed E-state index contributed by atoms with van der Waals surface area (Å²) in [5, 5.41) is 11.3. The van der Waals surface area contributed by atoms with Gasteiger partial charge in [0.05, 0.1) is 0 Å². The number of anilines is 1. The van der Waals surface area contributed by atoms with E-state index in [9.17, 15) is 4.79 Å². The van der Waals surface area contributed by atoms with Crippen LogP contribution in [0.5, 0.6) is 0 Å². The van der Waals surface area contributed by atoms with Crippen molar-refractivity contribution in [3.05, 3.63) is 53.5 Å². The first-order valence-electron chi connectivity index (χ1n) is 6.00. The van der Waals surface area contributed by atoms with Crippen LogP contribution in [-0.4, -0.2) is 27.6 Å². The lowest BCUT2D eigenvalue weighted by molar-refractivity contribution is 0.102. The molecule has 0 radical (unpaired) electrons. The van der Waals surface area contributed by atoms with Crippen LogP contribution >= 0.6 is 0 Å². The SMILES string of the molecule is Cc1cccnc1C(=O)Nc1cccc(C#CCO)n1. The molecule has 0 saturated carbocycles. The maximum Gasteiger partial charge on any atom is 0.275 e. The topological polar surface area (TPSA) is 75.1 Å². The highest BCUT2D eigenvalue weighted by Gasteiger charge is 2.10. The summed E-state index contributed by atoms with van der Waals surface area (Å²) in [4.78, 5) is 20.3. The molecule has 1 amide bonds. The van der Waals surface area contributed by atoms with E-state index in [1.165, 1.54) is 0 Å². The molecule has 0 spiro atoms. The number of rotatable bonds is 2. The van der Waals surface area contributed by atoms with Crippen LogP contribution in [0, 0.1) is 18.8 Å². The predicted octanol–water partition coefficient (Wildman–Crippen LogP) is 1.38. The minimum absolute atomic E-state index is 0.231. The van der Waals surface area contributed by atoms with Crippen molar-refractivity contribution in [3.8, 4) is 11.8 Å². The van der Waals surface area contributed by atoms with Gasteiger partial charge in [-0.05, 0) is 36.6 Å². The summed E-state index contributed by atoms with van der Waals surface area (Å²) in [6.07, 6.45) is 1.57. The number of aliphatic hydroxyl groups is 1. The van der Waals surface area contributed by atoms with Gasteiger partial charge in [0.15, 0.2) is 0 Å². The molecule has 5 heteroatoms. The lowest BCUT2D eigenvalue weighted by atomic mass is 10.2. The van der Waals surface area contributed by atoms with E-state index in [4.69, 9.17) is 5.11 Å². The van der Waals surface area contributed by atoms with Gasteiger partial charge < -0.3 is 10.4 Å². The van der Waals surface area contributed by atoms with Gasteiger partial charge >= 0.3 is 0 Å². The van der Waals surface area contributed by atoms with Crippen LogP contribution in [-0.2, 0) is 0 Å². The third kappa shape index (κ3) is 3.40. The van der Waals surface area contributed by atoms with Crippen LogP contribution in [0.1, 0.15) is 21.7 Å². The van der Waals surface area contributed by atoms with Crippen molar-refractivity contribution in [2.75, 3.05) is 11.9 Å². The van der Waals surface area contributed by atoms with Crippen LogP contribution in [0.25, 0.3) is 0 Å². The summed E-state index contributed by atoms with van der Waals surface area (Å²) in [5.41, 5.74) is 1.64. The Hall–Kier alpha value is -2.71. The quantitative estimate of drug-likeness (QED) is 0.806. The zero-order valence-corrected chi connectivity index (χ0v) is 10.9. The van der Waals surface area contributed by atoms with Gasteiger partial charge in [0.25, 0.3) is 5.91 Å². The van der Waals surface area contributed by atoms with Gasteiger partial charge in [-0.1, -0.05) is 18.1 Å². The summed E-state index contributed by atoms with van der Waals surface area (Å²) in [7, 11) is 0. The largest absolute Gasteiger partial charge is 0.384 e. The van der Waals surface area contributed by atoms with Gasteiger partial charge in [-0.15, -0.1) is 0 Å². The Bertz CT molecular complexity index is 687. The summed E-state index contributed by atoms with van der Waals surface area (Å²) < 4.78 is 0. The van der Waals surface area contributed by atoms with Crippen molar-refractivity contribution >= 4 is 11.7 Å². The van der Waals surface area contributed by atoms with Crippen LogP contribution in [0.4, 0.5) is 5.82 Å². The summed E-state index contributed by atoms with van der Waals surface area (Å²) >= 11 is 0. The van der Waals surface area contributed by atoms with Crippen molar-refractivity contribution in [2.45, 2.75) is 6.92 Å². The Morgan fingerprint density at radius 1 is 1.35 bits per heavy atom. The number of nitrogens with one attached hydrogen (secondary N) is 1. The average molecular weight is 267 g/mol. The van der Waals surface area contributed by atoms with Gasteiger partial charge in [-0.2, -0.15) is 0 Å². The highest BCUT2D eigenvalue weighted by atomic mass is 16.2. The normalized spacial score (nSPS) is 9.50. The first-order valence-corrected chi connectivity index (χ1v) is 6.00. The molecule has 0 fully saturated rings. The van der Waals surface area contributed by atoms with E-state index in [0.29, 0.717) is 17.2 Å². The third-order valence-electron chi connectivity index (χ3n) is 2.51. The monoisotopic (exact) mass is 267 g/mol. The molecule has 2 N–H and O–H groups in total. The number of carbonyl (C=O) groups is 1. The van der Waals surface area contributed by atoms with E-state index < -0.39 is 0 Å². The lowest BCUT2D eigenvalue weighted by Crippen LogP contribution is -2.16. The van der Waals surface area contributed by atoms with Crippen LogP contribution in [0.2, 0.25) is 0 Å². The second-order valence-corrected chi connectivity index (χ2v) is 3.99. The average Bonchev–Trinajstić information content (AvgIpc) is 2.46. The number of pyridine rings is 2.